The lowest BCUT2D eigenvalue weighted by atomic mass is 9.93. The second-order valence-electron chi connectivity index (χ2n) is 5.63. The van der Waals surface area contributed by atoms with Gasteiger partial charge in [0.05, 0.1) is 17.4 Å². The third kappa shape index (κ3) is 3.12. The van der Waals surface area contributed by atoms with Gasteiger partial charge < -0.3 is 10.0 Å². The monoisotopic (exact) mass is 285 g/mol. The van der Waals surface area contributed by atoms with Gasteiger partial charge in [-0.25, -0.2) is 0 Å². The van der Waals surface area contributed by atoms with E-state index in [0.29, 0.717) is 5.92 Å². The molecule has 1 aliphatic heterocycles. The molecular weight excluding hydrogens is 266 g/mol. The van der Waals surface area contributed by atoms with Crippen molar-refractivity contribution in [2.24, 2.45) is 5.92 Å². The standard InChI is InChI=1S/C16H19N3O2/c20-16(21)8-7-12-4-3-9-19(11-12)15-10-17-18-14-6-2-1-5-13(14)15/h1-2,5-6,10,12H,3-4,7-9,11H2,(H,20,21). The van der Waals surface area contributed by atoms with Gasteiger partial charge in [-0.15, -0.1) is 0 Å². The van der Waals surface area contributed by atoms with Gasteiger partial charge in [-0.05, 0) is 31.2 Å². The molecule has 0 radical (unpaired) electrons. The molecule has 1 N–H and O–H groups in total. The van der Waals surface area contributed by atoms with E-state index in [1.807, 2.05) is 24.4 Å². The summed E-state index contributed by atoms with van der Waals surface area (Å²) in [7, 11) is 0. The van der Waals surface area contributed by atoms with Crippen LogP contribution in [-0.2, 0) is 4.79 Å². The molecule has 1 aliphatic rings. The van der Waals surface area contributed by atoms with Crippen LogP contribution in [0, 0.1) is 5.92 Å². The highest BCUT2D eigenvalue weighted by Gasteiger charge is 2.22. The first kappa shape index (κ1) is 13.8. The molecular formula is C16H19N3O2. The molecule has 5 heteroatoms. The Morgan fingerprint density at radius 1 is 1.38 bits per heavy atom. The number of fused-ring (bicyclic) bond motifs is 1. The Balaban J connectivity index is 1.80. The minimum Gasteiger partial charge on any atom is -0.481 e. The average molecular weight is 285 g/mol. The van der Waals surface area contributed by atoms with Gasteiger partial charge in [0, 0.05) is 24.9 Å². The van der Waals surface area contributed by atoms with Crippen molar-refractivity contribution in [2.75, 3.05) is 18.0 Å². The van der Waals surface area contributed by atoms with E-state index in [1.54, 1.807) is 0 Å². The van der Waals surface area contributed by atoms with Gasteiger partial charge in [-0.3, -0.25) is 4.79 Å². The van der Waals surface area contributed by atoms with Crippen LogP contribution in [0.4, 0.5) is 5.69 Å². The van der Waals surface area contributed by atoms with Crippen LogP contribution >= 0.6 is 0 Å². The highest BCUT2D eigenvalue weighted by Crippen LogP contribution is 2.29. The Hall–Kier alpha value is -2.17. The zero-order valence-electron chi connectivity index (χ0n) is 11.9. The first-order valence-corrected chi connectivity index (χ1v) is 7.41. The van der Waals surface area contributed by atoms with Crippen molar-refractivity contribution in [3.63, 3.8) is 0 Å². The summed E-state index contributed by atoms with van der Waals surface area (Å²) in [6.45, 7) is 1.90. The fourth-order valence-corrected chi connectivity index (χ4v) is 3.09. The van der Waals surface area contributed by atoms with Gasteiger partial charge in [0.2, 0.25) is 0 Å². The molecule has 0 bridgehead atoms. The summed E-state index contributed by atoms with van der Waals surface area (Å²) in [6, 6.07) is 8.02. The number of rotatable bonds is 4. The number of hydrogen-bond donors (Lipinski definition) is 1. The fraction of sp³-hybridized carbons (Fsp3) is 0.438. The predicted molar refractivity (Wildman–Crippen MR) is 81.3 cm³/mol. The molecule has 1 aromatic heterocycles. The lowest BCUT2D eigenvalue weighted by molar-refractivity contribution is -0.137. The van der Waals surface area contributed by atoms with E-state index < -0.39 is 5.97 Å². The van der Waals surface area contributed by atoms with Crippen LogP contribution in [-0.4, -0.2) is 34.4 Å². The first-order chi connectivity index (χ1) is 10.2. The molecule has 1 atom stereocenters. The van der Waals surface area contributed by atoms with E-state index in [1.165, 1.54) is 0 Å². The molecule has 1 fully saturated rings. The van der Waals surface area contributed by atoms with Crippen molar-refractivity contribution >= 4 is 22.6 Å². The number of carboxylic acid groups (broad SMARTS) is 1. The molecule has 5 nitrogen and oxygen atoms in total. The number of piperidine rings is 1. The molecule has 2 heterocycles. The van der Waals surface area contributed by atoms with Crippen LogP contribution in [0.5, 0.6) is 0 Å². The van der Waals surface area contributed by atoms with Gasteiger partial charge in [0.25, 0.3) is 0 Å². The van der Waals surface area contributed by atoms with Crippen LogP contribution in [0.15, 0.2) is 30.5 Å². The van der Waals surface area contributed by atoms with E-state index in [4.69, 9.17) is 5.11 Å². The van der Waals surface area contributed by atoms with Crippen LogP contribution in [0.25, 0.3) is 10.9 Å². The Bertz CT molecular complexity index is 639. The predicted octanol–water partition coefficient (Wildman–Crippen LogP) is 2.71. The largest absolute Gasteiger partial charge is 0.481 e. The molecule has 1 unspecified atom stereocenters. The number of aromatic nitrogens is 2. The second kappa shape index (κ2) is 6.08. The molecule has 0 spiro atoms. The Kier molecular flexibility index (Phi) is 3.99. The molecule has 1 saturated heterocycles. The number of nitrogens with zero attached hydrogens (tertiary/aromatic N) is 3. The molecule has 3 rings (SSSR count). The summed E-state index contributed by atoms with van der Waals surface area (Å²) in [5, 5.41) is 18.2. The summed E-state index contributed by atoms with van der Waals surface area (Å²) >= 11 is 0. The van der Waals surface area contributed by atoms with Gasteiger partial charge in [-0.1, -0.05) is 18.2 Å². The van der Waals surface area contributed by atoms with Crippen LogP contribution in [0.3, 0.4) is 0 Å². The van der Waals surface area contributed by atoms with Crippen LogP contribution in [0.2, 0.25) is 0 Å². The zero-order valence-corrected chi connectivity index (χ0v) is 11.9. The number of aliphatic carboxylic acids is 1. The topological polar surface area (TPSA) is 66.3 Å². The maximum atomic E-state index is 10.7. The molecule has 21 heavy (non-hydrogen) atoms. The quantitative estimate of drug-likeness (QED) is 0.935. The zero-order chi connectivity index (χ0) is 14.7. The van der Waals surface area contributed by atoms with Gasteiger partial charge >= 0.3 is 5.97 Å². The molecule has 110 valence electrons. The SMILES string of the molecule is O=C(O)CCC1CCCN(c2cnnc3ccccc23)C1. The summed E-state index contributed by atoms with van der Waals surface area (Å²) in [5.41, 5.74) is 2.02. The summed E-state index contributed by atoms with van der Waals surface area (Å²) in [6.07, 6.45) is 5.04. The minimum absolute atomic E-state index is 0.258. The van der Waals surface area contributed by atoms with Crippen LogP contribution < -0.4 is 4.90 Å². The highest BCUT2D eigenvalue weighted by molar-refractivity contribution is 5.90. The van der Waals surface area contributed by atoms with Gasteiger partial charge in [-0.2, -0.15) is 10.2 Å². The maximum absolute atomic E-state index is 10.7. The lowest BCUT2D eigenvalue weighted by Gasteiger charge is -2.34. The minimum atomic E-state index is -0.705. The number of carbonyl (C=O) groups is 1. The highest BCUT2D eigenvalue weighted by atomic mass is 16.4. The number of carboxylic acids is 1. The maximum Gasteiger partial charge on any atom is 0.303 e. The third-order valence-electron chi connectivity index (χ3n) is 4.15. The Morgan fingerprint density at radius 2 is 2.24 bits per heavy atom. The summed E-state index contributed by atoms with van der Waals surface area (Å²) in [4.78, 5) is 13.1. The van der Waals surface area contributed by atoms with E-state index in [0.717, 1.165) is 48.9 Å². The average Bonchev–Trinajstić information content (AvgIpc) is 2.52. The van der Waals surface area contributed by atoms with E-state index in [2.05, 4.69) is 21.2 Å². The Labute approximate surface area is 123 Å². The Morgan fingerprint density at radius 3 is 3.10 bits per heavy atom. The second-order valence-corrected chi connectivity index (χ2v) is 5.63. The number of hydrogen-bond acceptors (Lipinski definition) is 4. The van der Waals surface area contributed by atoms with Crippen molar-refractivity contribution in [3.05, 3.63) is 30.5 Å². The van der Waals surface area contributed by atoms with E-state index in [-0.39, 0.29) is 6.42 Å². The van der Waals surface area contributed by atoms with Gasteiger partial charge in [0.15, 0.2) is 0 Å². The van der Waals surface area contributed by atoms with E-state index >= 15 is 0 Å². The molecule has 0 aliphatic carbocycles. The van der Waals surface area contributed by atoms with Gasteiger partial charge in [0.1, 0.15) is 0 Å². The number of benzene rings is 1. The van der Waals surface area contributed by atoms with Crippen molar-refractivity contribution in [1.82, 2.24) is 10.2 Å². The molecule has 0 saturated carbocycles. The number of anilines is 1. The normalized spacial score (nSPS) is 18.9. The first-order valence-electron chi connectivity index (χ1n) is 7.41. The lowest BCUT2D eigenvalue weighted by Crippen LogP contribution is -2.35. The third-order valence-corrected chi connectivity index (χ3v) is 4.15. The van der Waals surface area contributed by atoms with Crippen LogP contribution in [0.1, 0.15) is 25.7 Å². The fourth-order valence-electron chi connectivity index (χ4n) is 3.09. The molecule has 0 amide bonds. The van der Waals surface area contributed by atoms with Crippen molar-refractivity contribution in [1.29, 1.82) is 0 Å². The molecule has 1 aromatic carbocycles. The van der Waals surface area contributed by atoms with E-state index in [9.17, 15) is 4.79 Å². The smallest absolute Gasteiger partial charge is 0.303 e. The summed E-state index contributed by atoms with van der Waals surface area (Å²) < 4.78 is 0. The van der Waals surface area contributed by atoms with Crippen molar-refractivity contribution < 1.29 is 9.90 Å². The van der Waals surface area contributed by atoms with Crippen molar-refractivity contribution in [3.8, 4) is 0 Å². The van der Waals surface area contributed by atoms with Crippen molar-refractivity contribution in [2.45, 2.75) is 25.7 Å². The molecule has 2 aromatic rings. The summed E-state index contributed by atoms with van der Waals surface area (Å²) in [5.74, 6) is -0.259.